The zero-order valence-electron chi connectivity index (χ0n) is 10.6. The quantitative estimate of drug-likeness (QED) is 0.901. The molecule has 94 valence electrons. The highest BCUT2D eigenvalue weighted by atomic mass is 35.5. The van der Waals surface area contributed by atoms with Crippen molar-refractivity contribution in [1.29, 1.82) is 0 Å². The predicted octanol–water partition coefficient (Wildman–Crippen LogP) is 2.81. The first kappa shape index (κ1) is 12.5. The fourth-order valence-corrected chi connectivity index (χ4v) is 3.04. The van der Waals surface area contributed by atoms with Crippen LogP contribution in [0.25, 0.3) is 0 Å². The molecule has 0 amide bonds. The van der Waals surface area contributed by atoms with E-state index in [4.69, 9.17) is 21.1 Å². The second-order valence-electron chi connectivity index (χ2n) is 4.44. The molecule has 1 aliphatic rings. The maximum absolute atomic E-state index is 6.39. The molecule has 3 nitrogen and oxygen atoms in total. The zero-order valence-corrected chi connectivity index (χ0v) is 11.4. The Morgan fingerprint density at radius 2 is 2.06 bits per heavy atom. The van der Waals surface area contributed by atoms with Gasteiger partial charge >= 0.3 is 0 Å². The van der Waals surface area contributed by atoms with Crippen molar-refractivity contribution < 1.29 is 9.47 Å². The summed E-state index contributed by atoms with van der Waals surface area (Å²) in [6, 6.07) is 2.37. The van der Waals surface area contributed by atoms with Crippen molar-refractivity contribution in [2.45, 2.75) is 19.4 Å². The van der Waals surface area contributed by atoms with E-state index < -0.39 is 0 Å². The lowest BCUT2D eigenvalue weighted by Crippen LogP contribution is -2.19. The number of fused-ring (bicyclic) bond motifs is 1. The average molecular weight is 256 g/mol. The predicted molar refractivity (Wildman–Crippen MR) is 69.2 cm³/mol. The number of rotatable bonds is 3. The summed E-state index contributed by atoms with van der Waals surface area (Å²) < 4.78 is 10.7. The summed E-state index contributed by atoms with van der Waals surface area (Å²) in [6.07, 6.45) is 0.972. The van der Waals surface area contributed by atoms with Gasteiger partial charge in [-0.15, -0.1) is 0 Å². The van der Waals surface area contributed by atoms with Crippen LogP contribution in [-0.2, 0) is 6.42 Å². The summed E-state index contributed by atoms with van der Waals surface area (Å²) in [6.45, 7) is 2.22. The smallest absolute Gasteiger partial charge is 0.179 e. The fraction of sp³-hybridized carbons (Fsp3) is 0.538. The maximum Gasteiger partial charge on any atom is 0.179 e. The summed E-state index contributed by atoms with van der Waals surface area (Å²) in [7, 11) is 5.22. The molecule has 0 spiro atoms. The molecule has 2 atom stereocenters. The second-order valence-corrected chi connectivity index (χ2v) is 4.82. The summed E-state index contributed by atoms with van der Waals surface area (Å²) in [4.78, 5) is 0. The van der Waals surface area contributed by atoms with E-state index >= 15 is 0 Å². The normalized spacial score (nSPS) is 22.4. The van der Waals surface area contributed by atoms with Gasteiger partial charge in [-0.25, -0.2) is 0 Å². The summed E-state index contributed by atoms with van der Waals surface area (Å²) in [5.41, 5.74) is 2.40. The van der Waals surface area contributed by atoms with Gasteiger partial charge in [-0.05, 0) is 36.6 Å². The first-order valence-electron chi connectivity index (χ1n) is 5.74. The molecule has 4 heteroatoms. The third-order valence-electron chi connectivity index (χ3n) is 3.49. The van der Waals surface area contributed by atoms with Crippen molar-refractivity contribution in [2.75, 3.05) is 21.3 Å². The lowest BCUT2D eigenvalue weighted by Gasteiger charge is -2.17. The van der Waals surface area contributed by atoms with Crippen molar-refractivity contribution in [3.8, 4) is 11.5 Å². The SMILES string of the molecule is CNC1c2cc(OC)c(OC)c(Cl)c2CC1C. The Morgan fingerprint density at radius 1 is 1.35 bits per heavy atom. The second kappa shape index (κ2) is 4.75. The average Bonchev–Trinajstić information content (AvgIpc) is 2.65. The van der Waals surface area contributed by atoms with E-state index in [0.717, 1.165) is 6.42 Å². The highest BCUT2D eigenvalue weighted by Gasteiger charge is 2.32. The van der Waals surface area contributed by atoms with Crippen LogP contribution < -0.4 is 14.8 Å². The molecule has 0 saturated heterocycles. The van der Waals surface area contributed by atoms with Gasteiger partial charge in [0.1, 0.15) is 0 Å². The van der Waals surface area contributed by atoms with E-state index in [0.29, 0.717) is 28.5 Å². The van der Waals surface area contributed by atoms with E-state index in [9.17, 15) is 0 Å². The van der Waals surface area contributed by atoms with Crippen molar-refractivity contribution >= 4 is 11.6 Å². The summed E-state index contributed by atoms with van der Waals surface area (Å²) in [5, 5.41) is 4.02. The summed E-state index contributed by atoms with van der Waals surface area (Å²) >= 11 is 6.39. The number of methoxy groups -OCH3 is 2. The summed E-state index contributed by atoms with van der Waals surface area (Å²) in [5.74, 6) is 1.87. The zero-order chi connectivity index (χ0) is 12.6. The van der Waals surface area contributed by atoms with E-state index in [2.05, 4.69) is 12.2 Å². The Hall–Kier alpha value is -0.930. The Labute approximate surface area is 107 Å². The van der Waals surface area contributed by atoms with Crippen LogP contribution in [0.15, 0.2) is 6.07 Å². The Kier molecular flexibility index (Phi) is 3.50. The van der Waals surface area contributed by atoms with Gasteiger partial charge in [-0.3, -0.25) is 0 Å². The molecular formula is C13H18ClNO2. The van der Waals surface area contributed by atoms with E-state index in [-0.39, 0.29) is 0 Å². The van der Waals surface area contributed by atoms with Gasteiger partial charge in [0.25, 0.3) is 0 Å². The molecule has 0 aliphatic heterocycles. The fourth-order valence-electron chi connectivity index (χ4n) is 2.68. The van der Waals surface area contributed by atoms with Crippen molar-refractivity contribution in [3.05, 3.63) is 22.2 Å². The molecule has 1 aromatic carbocycles. The third-order valence-corrected chi connectivity index (χ3v) is 3.89. The standard InChI is InChI=1S/C13H18ClNO2/c1-7-5-8-9(12(7)15-2)6-10(16-3)13(17-4)11(8)14/h6-7,12,15H,5H2,1-4H3. The van der Waals surface area contributed by atoms with Crippen LogP contribution in [0.4, 0.5) is 0 Å². The Morgan fingerprint density at radius 3 is 2.59 bits per heavy atom. The highest BCUT2D eigenvalue weighted by molar-refractivity contribution is 6.33. The van der Waals surface area contributed by atoms with Crippen molar-refractivity contribution in [3.63, 3.8) is 0 Å². The minimum atomic E-state index is 0.335. The van der Waals surface area contributed by atoms with Crippen LogP contribution >= 0.6 is 11.6 Å². The maximum atomic E-state index is 6.39. The lowest BCUT2D eigenvalue weighted by atomic mass is 10.0. The van der Waals surface area contributed by atoms with Gasteiger partial charge in [0.05, 0.1) is 19.2 Å². The monoisotopic (exact) mass is 255 g/mol. The number of hydrogen-bond donors (Lipinski definition) is 1. The number of ether oxygens (including phenoxy) is 2. The van der Waals surface area contributed by atoms with Gasteiger partial charge in [-0.1, -0.05) is 18.5 Å². The lowest BCUT2D eigenvalue weighted by molar-refractivity contribution is 0.354. The van der Waals surface area contributed by atoms with Crippen LogP contribution in [0, 0.1) is 5.92 Å². The van der Waals surface area contributed by atoms with Gasteiger partial charge in [0.2, 0.25) is 0 Å². The number of benzene rings is 1. The molecule has 0 heterocycles. The van der Waals surface area contributed by atoms with Crippen molar-refractivity contribution in [1.82, 2.24) is 5.32 Å². The Balaban J connectivity index is 2.59. The molecule has 1 aromatic rings. The molecule has 1 N–H and O–H groups in total. The largest absolute Gasteiger partial charge is 0.493 e. The van der Waals surface area contributed by atoms with Crippen LogP contribution in [0.3, 0.4) is 0 Å². The van der Waals surface area contributed by atoms with Gasteiger partial charge < -0.3 is 14.8 Å². The molecule has 17 heavy (non-hydrogen) atoms. The number of nitrogens with one attached hydrogen (secondary N) is 1. The van der Waals surface area contributed by atoms with Crippen LogP contribution in [0.1, 0.15) is 24.1 Å². The van der Waals surface area contributed by atoms with Crippen molar-refractivity contribution in [2.24, 2.45) is 5.92 Å². The topological polar surface area (TPSA) is 30.5 Å². The highest BCUT2D eigenvalue weighted by Crippen LogP contribution is 2.47. The third kappa shape index (κ3) is 1.87. The van der Waals surface area contributed by atoms with E-state index in [1.54, 1.807) is 14.2 Å². The van der Waals surface area contributed by atoms with E-state index in [1.807, 2.05) is 13.1 Å². The first-order valence-corrected chi connectivity index (χ1v) is 6.12. The molecule has 0 fully saturated rings. The molecular weight excluding hydrogens is 238 g/mol. The Bertz CT molecular complexity index is 434. The molecule has 0 radical (unpaired) electrons. The van der Waals surface area contributed by atoms with Gasteiger partial charge in [-0.2, -0.15) is 0 Å². The molecule has 0 bridgehead atoms. The van der Waals surface area contributed by atoms with Crippen LogP contribution in [0.5, 0.6) is 11.5 Å². The van der Waals surface area contributed by atoms with Crippen LogP contribution in [-0.4, -0.2) is 21.3 Å². The van der Waals surface area contributed by atoms with Gasteiger partial charge in [0, 0.05) is 6.04 Å². The van der Waals surface area contributed by atoms with Gasteiger partial charge in [0.15, 0.2) is 11.5 Å². The molecule has 0 aromatic heterocycles. The van der Waals surface area contributed by atoms with E-state index in [1.165, 1.54) is 11.1 Å². The molecule has 2 rings (SSSR count). The minimum Gasteiger partial charge on any atom is -0.493 e. The molecule has 1 aliphatic carbocycles. The molecule has 2 unspecified atom stereocenters. The first-order chi connectivity index (χ1) is 8.13. The number of halogens is 1. The molecule has 0 saturated carbocycles. The minimum absolute atomic E-state index is 0.335. The van der Waals surface area contributed by atoms with Crippen LogP contribution in [0.2, 0.25) is 5.02 Å². The number of hydrogen-bond acceptors (Lipinski definition) is 3.